The predicted molar refractivity (Wildman–Crippen MR) is 56.2 cm³/mol. The van der Waals surface area contributed by atoms with Gasteiger partial charge in [0, 0.05) is 26.1 Å². The molecule has 0 saturated carbocycles. The standard InChI is InChI=1S/C11H18N2O2/c14-10-5-1-2-8-13(10)9-11(15)12-6-3-4-7-12/h1-9H2. The van der Waals surface area contributed by atoms with E-state index in [0.717, 1.165) is 45.3 Å². The van der Waals surface area contributed by atoms with Crippen molar-refractivity contribution in [1.82, 2.24) is 9.80 Å². The van der Waals surface area contributed by atoms with Crippen molar-refractivity contribution in [2.45, 2.75) is 32.1 Å². The first kappa shape index (κ1) is 10.5. The summed E-state index contributed by atoms with van der Waals surface area (Å²) in [4.78, 5) is 26.9. The number of amides is 2. The molecule has 84 valence electrons. The Kier molecular flexibility index (Phi) is 3.23. The number of hydrogen-bond acceptors (Lipinski definition) is 2. The van der Waals surface area contributed by atoms with Gasteiger partial charge in [0.15, 0.2) is 0 Å². The van der Waals surface area contributed by atoms with E-state index >= 15 is 0 Å². The quantitative estimate of drug-likeness (QED) is 0.670. The molecule has 0 radical (unpaired) electrons. The maximum absolute atomic E-state index is 11.8. The van der Waals surface area contributed by atoms with E-state index in [0.29, 0.717) is 13.0 Å². The van der Waals surface area contributed by atoms with Crippen LogP contribution in [0.3, 0.4) is 0 Å². The van der Waals surface area contributed by atoms with Gasteiger partial charge in [-0.15, -0.1) is 0 Å². The summed E-state index contributed by atoms with van der Waals surface area (Å²) in [6.07, 6.45) is 4.86. The molecule has 4 nitrogen and oxygen atoms in total. The van der Waals surface area contributed by atoms with Gasteiger partial charge in [-0.05, 0) is 25.7 Å². The topological polar surface area (TPSA) is 40.6 Å². The molecule has 0 aromatic heterocycles. The minimum Gasteiger partial charge on any atom is -0.341 e. The lowest BCUT2D eigenvalue weighted by atomic mass is 10.1. The first-order valence-corrected chi connectivity index (χ1v) is 5.83. The molecule has 2 rings (SSSR count). The number of carbonyl (C=O) groups excluding carboxylic acids is 2. The number of nitrogens with zero attached hydrogens (tertiary/aromatic N) is 2. The van der Waals surface area contributed by atoms with Crippen molar-refractivity contribution in [2.75, 3.05) is 26.2 Å². The monoisotopic (exact) mass is 210 g/mol. The van der Waals surface area contributed by atoms with Gasteiger partial charge in [-0.2, -0.15) is 0 Å². The van der Waals surface area contributed by atoms with Gasteiger partial charge in [0.1, 0.15) is 0 Å². The average Bonchev–Trinajstić information content (AvgIpc) is 2.74. The number of rotatable bonds is 2. The van der Waals surface area contributed by atoms with E-state index < -0.39 is 0 Å². The molecule has 0 aliphatic carbocycles. The SMILES string of the molecule is O=C(CN1CCCCC1=O)N1CCCC1. The van der Waals surface area contributed by atoms with E-state index in [4.69, 9.17) is 0 Å². The summed E-state index contributed by atoms with van der Waals surface area (Å²) in [5.41, 5.74) is 0. The molecule has 0 aromatic rings. The van der Waals surface area contributed by atoms with Crippen LogP contribution in [0.25, 0.3) is 0 Å². The second-order valence-electron chi connectivity index (χ2n) is 4.36. The van der Waals surface area contributed by atoms with Gasteiger partial charge in [0.2, 0.25) is 11.8 Å². The lowest BCUT2D eigenvalue weighted by Gasteiger charge is -2.28. The smallest absolute Gasteiger partial charge is 0.242 e. The molecule has 2 heterocycles. The molecule has 0 aromatic carbocycles. The maximum atomic E-state index is 11.8. The van der Waals surface area contributed by atoms with Crippen LogP contribution >= 0.6 is 0 Å². The highest BCUT2D eigenvalue weighted by molar-refractivity contribution is 5.85. The Bertz CT molecular complexity index is 259. The molecule has 2 fully saturated rings. The molecule has 2 saturated heterocycles. The van der Waals surface area contributed by atoms with Gasteiger partial charge in [-0.3, -0.25) is 9.59 Å². The van der Waals surface area contributed by atoms with Crippen LogP contribution in [0.1, 0.15) is 32.1 Å². The summed E-state index contributed by atoms with van der Waals surface area (Å²) in [5.74, 6) is 0.275. The summed E-state index contributed by atoms with van der Waals surface area (Å²) < 4.78 is 0. The number of carbonyl (C=O) groups is 2. The van der Waals surface area contributed by atoms with E-state index in [1.807, 2.05) is 4.90 Å². The molecular formula is C11H18N2O2. The Morgan fingerprint density at radius 1 is 1.07 bits per heavy atom. The summed E-state index contributed by atoms with van der Waals surface area (Å²) in [5, 5.41) is 0. The molecule has 4 heteroatoms. The first-order chi connectivity index (χ1) is 7.27. The van der Waals surface area contributed by atoms with Crippen molar-refractivity contribution in [1.29, 1.82) is 0 Å². The van der Waals surface area contributed by atoms with E-state index in [1.54, 1.807) is 4.90 Å². The molecule has 2 aliphatic heterocycles. The highest BCUT2D eigenvalue weighted by atomic mass is 16.2. The van der Waals surface area contributed by atoms with Gasteiger partial charge in [0.05, 0.1) is 6.54 Å². The van der Waals surface area contributed by atoms with Crippen molar-refractivity contribution in [3.63, 3.8) is 0 Å². The predicted octanol–water partition coefficient (Wildman–Crippen LogP) is 0.621. The number of piperidine rings is 1. The molecule has 0 bridgehead atoms. The highest BCUT2D eigenvalue weighted by Crippen LogP contribution is 2.12. The van der Waals surface area contributed by atoms with Crippen LogP contribution in [0.4, 0.5) is 0 Å². The van der Waals surface area contributed by atoms with Crippen LogP contribution in [0.15, 0.2) is 0 Å². The summed E-state index contributed by atoms with van der Waals surface area (Å²) >= 11 is 0. The number of hydrogen-bond donors (Lipinski definition) is 0. The molecule has 0 spiro atoms. The molecule has 0 N–H and O–H groups in total. The third-order valence-corrected chi connectivity index (χ3v) is 3.21. The van der Waals surface area contributed by atoms with Crippen LogP contribution in [0.5, 0.6) is 0 Å². The minimum atomic E-state index is 0.128. The minimum absolute atomic E-state index is 0.128. The number of likely N-dealkylation sites (tertiary alicyclic amines) is 2. The van der Waals surface area contributed by atoms with Crippen LogP contribution in [-0.4, -0.2) is 47.8 Å². The Hall–Kier alpha value is -1.06. The maximum Gasteiger partial charge on any atom is 0.242 e. The Labute approximate surface area is 90.2 Å². The van der Waals surface area contributed by atoms with E-state index in [2.05, 4.69) is 0 Å². The Balaban J connectivity index is 1.84. The van der Waals surface area contributed by atoms with Gasteiger partial charge in [-0.25, -0.2) is 0 Å². The zero-order valence-corrected chi connectivity index (χ0v) is 9.07. The molecule has 0 atom stereocenters. The second-order valence-corrected chi connectivity index (χ2v) is 4.36. The molecule has 15 heavy (non-hydrogen) atoms. The van der Waals surface area contributed by atoms with E-state index in [1.165, 1.54) is 0 Å². The molecule has 2 amide bonds. The summed E-state index contributed by atoms with van der Waals surface area (Å²) in [6, 6.07) is 0. The fraction of sp³-hybridized carbons (Fsp3) is 0.818. The van der Waals surface area contributed by atoms with E-state index in [9.17, 15) is 9.59 Å². The second kappa shape index (κ2) is 4.64. The highest BCUT2D eigenvalue weighted by Gasteiger charge is 2.24. The first-order valence-electron chi connectivity index (χ1n) is 5.83. The summed E-state index contributed by atoms with van der Waals surface area (Å²) in [6.45, 7) is 2.82. The Morgan fingerprint density at radius 3 is 2.40 bits per heavy atom. The van der Waals surface area contributed by atoms with Gasteiger partial charge < -0.3 is 9.80 Å². The lowest BCUT2D eigenvalue weighted by molar-refractivity contribution is -0.141. The zero-order valence-electron chi connectivity index (χ0n) is 9.07. The molecule has 0 unspecified atom stereocenters. The fourth-order valence-electron chi connectivity index (χ4n) is 2.26. The van der Waals surface area contributed by atoms with Crippen LogP contribution < -0.4 is 0 Å². The fourth-order valence-corrected chi connectivity index (χ4v) is 2.26. The zero-order chi connectivity index (χ0) is 10.7. The summed E-state index contributed by atoms with van der Waals surface area (Å²) in [7, 11) is 0. The lowest BCUT2D eigenvalue weighted by Crippen LogP contribution is -2.43. The van der Waals surface area contributed by atoms with Gasteiger partial charge in [-0.1, -0.05) is 0 Å². The largest absolute Gasteiger partial charge is 0.341 e. The van der Waals surface area contributed by atoms with Crippen LogP contribution in [0, 0.1) is 0 Å². The van der Waals surface area contributed by atoms with Crippen molar-refractivity contribution in [3.05, 3.63) is 0 Å². The Morgan fingerprint density at radius 2 is 1.73 bits per heavy atom. The normalized spacial score (nSPS) is 22.3. The van der Waals surface area contributed by atoms with Gasteiger partial charge in [0.25, 0.3) is 0 Å². The van der Waals surface area contributed by atoms with Crippen molar-refractivity contribution >= 4 is 11.8 Å². The van der Waals surface area contributed by atoms with E-state index in [-0.39, 0.29) is 11.8 Å². The van der Waals surface area contributed by atoms with Crippen molar-refractivity contribution in [2.24, 2.45) is 0 Å². The average molecular weight is 210 g/mol. The molecule has 2 aliphatic rings. The molecular weight excluding hydrogens is 192 g/mol. The van der Waals surface area contributed by atoms with Crippen LogP contribution in [-0.2, 0) is 9.59 Å². The third kappa shape index (κ3) is 2.49. The van der Waals surface area contributed by atoms with Crippen molar-refractivity contribution < 1.29 is 9.59 Å². The van der Waals surface area contributed by atoms with Crippen LogP contribution in [0.2, 0.25) is 0 Å². The van der Waals surface area contributed by atoms with Crippen molar-refractivity contribution in [3.8, 4) is 0 Å². The van der Waals surface area contributed by atoms with Gasteiger partial charge >= 0.3 is 0 Å². The third-order valence-electron chi connectivity index (χ3n) is 3.21.